The van der Waals surface area contributed by atoms with E-state index in [-0.39, 0.29) is 34.4 Å². The molecule has 0 aromatic heterocycles. The summed E-state index contributed by atoms with van der Waals surface area (Å²) in [5, 5.41) is 24.7. The van der Waals surface area contributed by atoms with Crippen LogP contribution in [0.25, 0.3) is 18.2 Å². The third-order valence-corrected chi connectivity index (χ3v) is 5.84. The molecule has 0 spiro atoms. The van der Waals surface area contributed by atoms with Crippen molar-refractivity contribution >= 4 is 35.5 Å². The summed E-state index contributed by atoms with van der Waals surface area (Å²) in [5.41, 5.74) is 1.43. The van der Waals surface area contributed by atoms with Crippen LogP contribution in [0.2, 0.25) is 0 Å². The number of hydrogen-bond acceptors (Lipinski definition) is 10. The molecule has 0 aliphatic carbocycles. The molecule has 0 saturated carbocycles. The predicted molar refractivity (Wildman–Crippen MR) is 154 cm³/mol. The molecular weight excluding hydrogens is 536 g/mol. The van der Waals surface area contributed by atoms with Gasteiger partial charge in [0.2, 0.25) is 17.4 Å². The van der Waals surface area contributed by atoms with Gasteiger partial charge in [0.1, 0.15) is 0 Å². The predicted octanol–water partition coefficient (Wildman–Crippen LogP) is 5.17. The first-order chi connectivity index (χ1) is 19.7. The van der Waals surface area contributed by atoms with Crippen LogP contribution in [0.3, 0.4) is 0 Å². The number of rotatable bonds is 12. The summed E-state index contributed by atoms with van der Waals surface area (Å²) in [5.74, 6) is 0.768. The molecule has 0 aliphatic heterocycles. The van der Waals surface area contributed by atoms with Crippen LogP contribution in [-0.2, 0) is 4.79 Å². The lowest BCUT2D eigenvalue weighted by Gasteiger charge is -2.13. The second kappa shape index (κ2) is 13.6. The van der Waals surface area contributed by atoms with Gasteiger partial charge in [0.15, 0.2) is 28.7 Å². The summed E-state index contributed by atoms with van der Waals surface area (Å²) in [6, 6.07) is 9.42. The quantitative estimate of drug-likeness (QED) is 0.0988. The van der Waals surface area contributed by atoms with Gasteiger partial charge in [-0.25, -0.2) is 0 Å². The van der Waals surface area contributed by atoms with Crippen LogP contribution >= 0.6 is 0 Å². The fourth-order valence-corrected chi connectivity index (χ4v) is 3.91. The number of nitrogens with zero attached hydrogens (tertiary/aromatic N) is 1. The molecule has 12 heteroatoms. The van der Waals surface area contributed by atoms with Crippen LogP contribution in [0.5, 0.6) is 40.2 Å². The van der Waals surface area contributed by atoms with Gasteiger partial charge < -0.3 is 38.8 Å². The Balaban J connectivity index is 1.89. The molecule has 0 saturated heterocycles. The Hall–Kier alpha value is -5.39. The Morgan fingerprint density at radius 1 is 0.707 bits per heavy atom. The minimum absolute atomic E-state index is 0.0347. The van der Waals surface area contributed by atoms with Gasteiger partial charge in [-0.05, 0) is 53.1 Å². The molecule has 216 valence electrons. The van der Waals surface area contributed by atoms with Gasteiger partial charge in [0.05, 0.1) is 53.3 Å². The van der Waals surface area contributed by atoms with Crippen molar-refractivity contribution in [3.8, 4) is 40.2 Å². The monoisotopic (exact) mass is 566 g/mol. The highest BCUT2D eigenvalue weighted by Gasteiger charge is 2.21. The van der Waals surface area contributed by atoms with E-state index in [1.807, 2.05) is 0 Å². The molecule has 0 unspecified atom stereocenters. The number of carbonyl (C=O) groups excluding carboxylic acids is 1. The Morgan fingerprint density at radius 2 is 1.17 bits per heavy atom. The van der Waals surface area contributed by atoms with E-state index < -0.39 is 10.8 Å². The summed E-state index contributed by atoms with van der Waals surface area (Å²) in [6.07, 6.45) is 6.06. The fraction of sp³-hybridized carbons (Fsp3) is 0.207. The van der Waals surface area contributed by atoms with Crippen LogP contribution in [0, 0.1) is 10.1 Å². The first-order valence-corrected chi connectivity index (χ1v) is 12.0. The summed E-state index contributed by atoms with van der Waals surface area (Å²) in [6.45, 7) is 0. The maximum atomic E-state index is 12.7. The molecule has 0 fully saturated rings. The number of methoxy groups -OCH3 is 6. The first-order valence-electron chi connectivity index (χ1n) is 12.0. The van der Waals surface area contributed by atoms with Crippen LogP contribution in [0.1, 0.15) is 16.7 Å². The zero-order chi connectivity index (χ0) is 30.1. The number of ether oxygens (including phenoxy) is 6. The van der Waals surface area contributed by atoms with Crippen molar-refractivity contribution < 1.29 is 43.2 Å². The highest BCUT2D eigenvalue weighted by atomic mass is 16.6. The first kappa shape index (κ1) is 30.2. The molecule has 3 aromatic rings. The summed E-state index contributed by atoms with van der Waals surface area (Å²) in [4.78, 5) is 23.6. The Morgan fingerprint density at radius 3 is 1.66 bits per heavy atom. The third kappa shape index (κ3) is 6.98. The maximum absolute atomic E-state index is 12.7. The number of phenols is 1. The van der Waals surface area contributed by atoms with Crippen molar-refractivity contribution in [2.75, 3.05) is 48.0 Å². The second-order valence-corrected chi connectivity index (χ2v) is 8.27. The van der Waals surface area contributed by atoms with Crippen molar-refractivity contribution in [1.29, 1.82) is 0 Å². The third-order valence-electron chi connectivity index (χ3n) is 5.84. The minimum atomic E-state index is -0.611. The van der Waals surface area contributed by atoms with Crippen molar-refractivity contribution in [1.82, 2.24) is 0 Å². The van der Waals surface area contributed by atoms with E-state index in [1.54, 1.807) is 36.4 Å². The number of phenolic OH excluding ortho intramolecular Hbond substituents is 1. The van der Waals surface area contributed by atoms with Gasteiger partial charge in [0, 0.05) is 12.1 Å². The second-order valence-electron chi connectivity index (χ2n) is 8.27. The molecule has 2 N–H and O–H groups in total. The molecule has 3 aromatic carbocycles. The van der Waals surface area contributed by atoms with Gasteiger partial charge in [0.25, 0.3) is 0 Å². The van der Waals surface area contributed by atoms with E-state index >= 15 is 0 Å². The summed E-state index contributed by atoms with van der Waals surface area (Å²) >= 11 is 0. The van der Waals surface area contributed by atoms with Crippen molar-refractivity contribution in [3.63, 3.8) is 0 Å². The SMILES string of the molecule is COc1cc(C=Cc2cc(OC)c(OC)c(OC)c2)cc(NC(=O)/C=C/c2cc(OC)c(OC)c([N+](=O)[O-])c2)c1O. The lowest BCUT2D eigenvalue weighted by Crippen LogP contribution is -2.08. The van der Waals surface area contributed by atoms with Crippen LogP contribution in [0.15, 0.2) is 42.5 Å². The number of amides is 1. The van der Waals surface area contributed by atoms with E-state index in [2.05, 4.69) is 5.32 Å². The van der Waals surface area contributed by atoms with Gasteiger partial charge in [-0.3, -0.25) is 14.9 Å². The molecule has 0 radical (unpaired) electrons. The topological polar surface area (TPSA) is 148 Å². The van der Waals surface area contributed by atoms with E-state index in [0.29, 0.717) is 28.4 Å². The van der Waals surface area contributed by atoms with Crippen molar-refractivity contribution in [2.45, 2.75) is 0 Å². The number of nitro benzene ring substituents is 1. The van der Waals surface area contributed by atoms with Crippen LogP contribution in [0.4, 0.5) is 11.4 Å². The van der Waals surface area contributed by atoms with Crippen LogP contribution < -0.4 is 33.7 Å². The lowest BCUT2D eigenvalue weighted by molar-refractivity contribution is -0.385. The number of nitro groups is 1. The molecule has 1 amide bonds. The molecule has 0 bridgehead atoms. The van der Waals surface area contributed by atoms with Gasteiger partial charge >= 0.3 is 5.69 Å². The zero-order valence-electron chi connectivity index (χ0n) is 23.3. The Kier molecular flexibility index (Phi) is 10.0. The van der Waals surface area contributed by atoms with Crippen LogP contribution in [-0.4, -0.2) is 58.6 Å². The molecule has 12 nitrogen and oxygen atoms in total. The number of benzene rings is 3. The molecule has 0 aliphatic rings. The minimum Gasteiger partial charge on any atom is -0.503 e. The fourth-order valence-electron chi connectivity index (χ4n) is 3.91. The number of anilines is 1. The maximum Gasteiger partial charge on any atom is 0.315 e. The molecule has 0 heterocycles. The number of aromatic hydroxyl groups is 1. The van der Waals surface area contributed by atoms with E-state index in [1.165, 1.54) is 60.9 Å². The van der Waals surface area contributed by atoms with Crippen molar-refractivity contribution in [2.24, 2.45) is 0 Å². The summed E-state index contributed by atoms with van der Waals surface area (Å²) < 4.78 is 31.7. The standard InChI is InChI=1S/C29H30N2O10/c1-36-22-13-17(7-8-19-15-24(38-3)29(41-6)25(16-19)39-4)11-20(27(22)33)30-26(32)10-9-18-12-21(31(34)35)28(40-5)23(14-18)37-2/h7-16,33H,1-6H3,(H,30,32)/b8-7?,10-9+. The average Bonchev–Trinajstić information content (AvgIpc) is 2.98. The highest BCUT2D eigenvalue weighted by molar-refractivity contribution is 6.03. The number of hydrogen-bond donors (Lipinski definition) is 2. The van der Waals surface area contributed by atoms with E-state index in [9.17, 15) is 20.0 Å². The van der Waals surface area contributed by atoms with Gasteiger partial charge in [-0.1, -0.05) is 12.2 Å². The summed E-state index contributed by atoms with van der Waals surface area (Å²) in [7, 11) is 8.58. The lowest BCUT2D eigenvalue weighted by atomic mass is 10.1. The average molecular weight is 567 g/mol. The van der Waals surface area contributed by atoms with Gasteiger partial charge in [-0.2, -0.15) is 0 Å². The van der Waals surface area contributed by atoms with E-state index in [0.717, 1.165) is 11.6 Å². The largest absolute Gasteiger partial charge is 0.503 e. The molecule has 3 rings (SSSR count). The normalized spacial score (nSPS) is 10.9. The van der Waals surface area contributed by atoms with E-state index in [4.69, 9.17) is 28.4 Å². The number of carbonyl (C=O) groups is 1. The van der Waals surface area contributed by atoms with Crippen molar-refractivity contribution in [3.05, 3.63) is 69.3 Å². The molecule has 0 atom stereocenters. The molecule has 41 heavy (non-hydrogen) atoms. The zero-order valence-corrected chi connectivity index (χ0v) is 23.3. The Labute approximate surface area is 236 Å². The smallest absolute Gasteiger partial charge is 0.315 e. The molecular formula is C29H30N2O10. The Bertz CT molecular complexity index is 1470. The van der Waals surface area contributed by atoms with Gasteiger partial charge in [-0.15, -0.1) is 0 Å². The number of nitrogens with one attached hydrogen (secondary N) is 1. The highest BCUT2D eigenvalue weighted by Crippen LogP contribution is 2.40.